The van der Waals surface area contributed by atoms with E-state index in [-0.39, 0.29) is 17.9 Å². The second-order valence-corrected chi connectivity index (χ2v) is 6.29. The fraction of sp³-hybridized carbons (Fsp3) is 0.167. The van der Waals surface area contributed by atoms with Gasteiger partial charge in [-0.1, -0.05) is 29.3 Å². The predicted octanol–water partition coefficient (Wildman–Crippen LogP) is 3.04. The van der Waals surface area contributed by atoms with E-state index in [9.17, 15) is 14.4 Å². The molecule has 2 amide bonds. The number of halogens is 2. The Bertz CT molecular complexity index is 873. The van der Waals surface area contributed by atoms with Crippen molar-refractivity contribution < 1.29 is 23.9 Å². The molecule has 142 valence electrons. The number of rotatable bonds is 7. The third kappa shape index (κ3) is 6.16. The first-order valence-electron chi connectivity index (χ1n) is 7.74. The molecule has 2 rings (SSSR count). The second kappa shape index (κ2) is 9.25. The van der Waals surface area contributed by atoms with E-state index in [1.165, 1.54) is 31.2 Å². The zero-order valence-electron chi connectivity index (χ0n) is 14.2. The number of ether oxygens (including phenoxy) is 2. The minimum absolute atomic E-state index is 0.150. The van der Waals surface area contributed by atoms with Crippen LogP contribution in [0.3, 0.4) is 0 Å². The monoisotopic (exact) mass is 410 g/mol. The standard InChI is InChI=1S/C18H16Cl2N2O5/c1-10(17(24)22-15-8-12(19)5-6-14(15)20)27-18(25)11-3-2-4-13(7-11)26-9-16(21)23/h2-8,10H,9H2,1H3,(H2,21,23)(H,22,24). The molecule has 0 aliphatic carbocycles. The van der Waals surface area contributed by atoms with Crippen LogP contribution in [-0.2, 0) is 14.3 Å². The van der Waals surface area contributed by atoms with Crippen LogP contribution >= 0.6 is 23.2 Å². The van der Waals surface area contributed by atoms with E-state index in [1.54, 1.807) is 18.2 Å². The minimum atomic E-state index is -1.09. The Hall–Kier alpha value is -2.77. The summed E-state index contributed by atoms with van der Waals surface area (Å²) < 4.78 is 10.3. The number of hydrogen-bond acceptors (Lipinski definition) is 5. The Morgan fingerprint density at radius 3 is 2.59 bits per heavy atom. The minimum Gasteiger partial charge on any atom is -0.484 e. The van der Waals surface area contributed by atoms with E-state index in [1.807, 2.05) is 0 Å². The number of carbonyl (C=O) groups excluding carboxylic acids is 3. The lowest BCUT2D eigenvalue weighted by Gasteiger charge is -2.15. The van der Waals surface area contributed by atoms with Crippen molar-refractivity contribution in [3.05, 3.63) is 58.1 Å². The smallest absolute Gasteiger partial charge is 0.339 e. The summed E-state index contributed by atoms with van der Waals surface area (Å²) in [7, 11) is 0. The number of benzene rings is 2. The molecule has 0 aromatic heterocycles. The lowest BCUT2D eigenvalue weighted by atomic mass is 10.2. The van der Waals surface area contributed by atoms with Gasteiger partial charge in [-0.05, 0) is 43.3 Å². The largest absolute Gasteiger partial charge is 0.484 e. The highest BCUT2D eigenvalue weighted by molar-refractivity contribution is 6.35. The number of nitrogens with one attached hydrogen (secondary N) is 1. The Kier molecular flexibility index (Phi) is 7.04. The molecule has 3 N–H and O–H groups in total. The van der Waals surface area contributed by atoms with Crippen LogP contribution in [0.4, 0.5) is 5.69 Å². The van der Waals surface area contributed by atoms with Gasteiger partial charge in [-0.15, -0.1) is 0 Å². The number of primary amides is 1. The second-order valence-electron chi connectivity index (χ2n) is 5.44. The Labute approximate surface area is 165 Å². The highest BCUT2D eigenvalue weighted by Crippen LogP contribution is 2.25. The van der Waals surface area contributed by atoms with Gasteiger partial charge >= 0.3 is 5.97 Å². The maximum Gasteiger partial charge on any atom is 0.339 e. The maximum atomic E-state index is 12.2. The Balaban J connectivity index is 2.00. The van der Waals surface area contributed by atoms with Gasteiger partial charge in [0.2, 0.25) is 0 Å². The molecule has 1 atom stereocenters. The third-order valence-electron chi connectivity index (χ3n) is 3.29. The number of hydrogen-bond donors (Lipinski definition) is 2. The summed E-state index contributed by atoms with van der Waals surface area (Å²) >= 11 is 11.9. The van der Waals surface area contributed by atoms with Gasteiger partial charge in [-0.3, -0.25) is 9.59 Å². The van der Waals surface area contributed by atoms with Gasteiger partial charge in [0.05, 0.1) is 16.3 Å². The first-order valence-corrected chi connectivity index (χ1v) is 8.50. The molecule has 0 bridgehead atoms. The summed E-state index contributed by atoms with van der Waals surface area (Å²) in [6.07, 6.45) is -1.09. The van der Waals surface area contributed by atoms with Gasteiger partial charge in [0, 0.05) is 5.02 Å². The van der Waals surface area contributed by atoms with Crippen molar-refractivity contribution in [1.82, 2.24) is 0 Å². The zero-order chi connectivity index (χ0) is 20.0. The van der Waals surface area contributed by atoms with Gasteiger partial charge in [-0.25, -0.2) is 4.79 Å². The molecule has 1 unspecified atom stereocenters. The predicted molar refractivity (Wildman–Crippen MR) is 101 cm³/mol. The summed E-state index contributed by atoms with van der Waals surface area (Å²) in [6.45, 7) is 1.09. The molecule has 0 fully saturated rings. The summed E-state index contributed by atoms with van der Waals surface area (Å²) in [6, 6.07) is 10.6. The van der Waals surface area contributed by atoms with Crippen molar-refractivity contribution in [2.24, 2.45) is 5.73 Å². The molecule has 0 spiro atoms. The van der Waals surface area contributed by atoms with E-state index in [0.717, 1.165) is 0 Å². The normalized spacial score (nSPS) is 11.4. The maximum absolute atomic E-state index is 12.2. The van der Waals surface area contributed by atoms with Crippen LogP contribution in [0.5, 0.6) is 5.75 Å². The van der Waals surface area contributed by atoms with E-state index >= 15 is 0 Å². The molecule has 9 heteroatoms. The van der Waals surface area contributed by atoms with Crippen LogP contribution in [0, 0.1) is 0 Å². The van der Waals surface area contributed by atoms with Crippen molar-refractivity contribution in [2.75, 3.05) is 11.9 Å². The molecule has 0 saturated carbocycles. The van der Waals surface area contributed by atoms with E-state index in [4.69, 9.17) is 38.4 Å². The zero-order valence-corrected chi connectivity index (χ0v) is 15.7. The average molecular weight is 411 g/mol. The number of anilines is 1. The fourth-order valence-electron chi connectivity index (χ4n) is 1.98. The molecule has 0 heterocycles. The third-order valence-corrected chi connectivity index (χ3v) is 3.85. The number of esters is 1. The van der Waals surface area contributed by atoms with Crippen LogP contribution in [0.2, 0.25) is 10.0 Å². The van der Waals surface area contributed by atoms with Gasteiger partial charge in [0.15, 0.2) is 12.7 Å². The molecule has 0 radical (unpaired) electrons. The average Bonchev–Trinajstić information content (AvgIpc) is 2.63. The number of carbonyl (C=O) groups is 3. The Morgan fingerprint density at radius 2 is 1.89 bits per heavy atom. The van der Waals surface area contributed by atoms with Crippen molar-refractivity contribution >= 4 is 46.7 Å². The molecule has 27 heavy (non-hydrogen) atoms. The van der Waals surface area contributed by atoms with Crippen molar-refractivity contribution in [2.45, 2.75) is 13.0 Å². The van der Waals surface area contributed by atoms with E-state index < -0.39 is 23.9 Å². The van der Waals surface area contributed by atoms with Crippen LogP contribution in [0.1, 0.15) is 17.3 Å². The fourth-order valence-corrected chi connectivity index (χ4v) is 2.31. The summed E-state index contributed by atoms with van der Waals surface area (Å²) in [5.74, 6) is -1.69. The first kappa shape index (κ1) is 20.5. The van der Waals surface area contributed by atoms with E-state index in [2.05, 4.69) is 5.32 Å². The van der Waals surface area contributed by atoms with Gasteiger partial charge in [0.25, 0.3) is 11.8 Å². The summed E-state index contributed by atoms with van der Waals surface area (Å²) in [4.78, 5) is 35.2. The molecule has 0 aliphatic rings. The molecule has 7 nitrogen and oxygen atoms in total. The van der Waals surface area contributed by atoms with Crippen molar-refractivity contribution in [3.8, 4) is 5.75 Å². The molecular weight excluding hydrogens is 395 g/mol. The first-order chi connectivity index (χ1) is 12.8. The van der Waals surface area contributed by atoms with E-state index in [0.29, 0.717) is 15.7 Å². The highest BCUT2D eigenvalue weighted by atomic mass is 35.5. The van der Waals surface area contributed by atoms with Gasteiger partial charge in [0.1, 0.15) is 5.75 Å². The SMILES string of the molecule is CC(OC(=O)c1cccc(OCC(N)=O)c1)C(=O)Nc1cc(Cl)ccc1Cl. The molecule has 2 aromatic rings. The van der Waals surface area contributed by atoms with Crippen LogP contribution < -0.4 is 15.8 Å². The molecule has 0 saturated heterocycles. The molecule has 0 aliphatic heterocycles. The quantitative estimate of drug-likeness (QED) is 0.681. The number of nitrogens with two attached hydrogens (primary N) is 1. The van der Waals surface area contributed by atoms with Gasteiger partial charge in [-0.2, -0.15) is 0 Å². The lowest BCUT2D eigenvalue weighted by molar-refractivity contribution is -0.123. The van der Waals surface area contributed by atoms with Crippen LogP contribution in [-0.4, -0.2) is 30.5 Å². The summed E-state index contributed by atoms with van der Waals surface area (Å²) in [5.41, 5.74) is 5.46. The molecular formula is C18H16Cl2N2O5. The Morgan fingerprint density at radius 1 is 1.15 bits per heavy atom. The van der Waals surface area contributed by atoms with Gasteiger partial charge < -0.3 is 20.5 Å². The van der Waals surface area contributed by atoms with Crippen LogP contribution in [0.25, 0.3) is 0 Å². The topological polar surface area (TPSA) is 108 Å². The van der Waals surface area contributed by atoms with Crippen LogP contribution in [0.15, 0.2) is 42.5 Å². The number of amides is 2. The molecule has 2 aromatic carbocycles. The highest BCUT2D eigenvalue weighted by Gasteiger charge is 2.20. The lowest BCUT2D eigenvalue weighted by Crippen LogP contribution is -2.30. The van der Waals surface area contributed by atoms with Crippen molar-refractivity contribution in [3.63, 3.8) is 0 Å². The summed E-state index contributed by atoms with van der Waals surface area (Å²) in [5, 5.41) is 3.24. The van der Waals surface area contributed by atoms with Crippen molar-refractivity contribution in [1.29, 1.82) is 0 Å².